The second-order valence-electron chi connectivity index (χ2n) is 21.1. The fourth-order valence-corrected chi connectivity index (χ4v) is 9.11. The third-order valence-corrected chi connectivity index (χ3v) is 14.0. The number of carbonyl (C=O) groups is 1. The maximum absolute atomic E-state index is 13.1. The summed E-state index contributed by atoms with van der Waals surface area (Å²) < 4.78 is 11.3. The number of aliphatic hydroxyl groups excluding tert-OH is 5. The molecular formula is C68H115NO8. The van der Waals surface area contributed by atoms with E-state index in [4.69, 9.17) is 9.47 Å². The normalized spacial score (nSPS) is 19.6. The summed E-state index contributed by atoms with van der Waals surface area (Å²) in [6, 6.07) is -0.841. The Kier molecular flexibility index (Phi) is 52.0. The Bertz CT molecular complexity index is 1620. The van der Waals surface area contributed by atoms with Gasteiger partial charge in [-0.2, -0.15) is 0 Å². The van der Waals surface area contributed by atoms with Gasteiger partial charge in [-0.05, 0) is 103 Å². The molecule has 1 saturated heterocycles. The highest BCUT2D eigenvalue weighted by atomic mass is 16.7. The number of allylic oxidation sites excluding steroid dienone is 19. The molecule has 0 aromatic heterocycles. The van der Waals surface area contributed by atoms with Gasteiger partial charge in [0.15, 0.2) is 6.29 Å². The topological polar surface area (TPSA) is 149 Å². The lowest BCUT2D eigenvalue weighted by molar-refractivity contribution is -0.302. The number of hydrogen-bond donors (Lipinski definition) is 6. The lowest BCUT2D eigenvalue weighted by atomic mass is 9.99. The molecular weight excluding hydrogens is 959 g/mol. The van der Waals surface area contributed by atoms with Crippen LogP contribution < -0.4 is 5.32 Å². The highest BCUT2D eigenvalue weighted by Gasteiger charge is 2.44. The molecule has 7 atom stereocenters. The molecule has 0 spiro atoms. The van der Waals surface area contributed by atoms with Crippen molar-refractivity contribution in [3.05, 3.63) is 122 Å². The van der Waals surface area contributed by atoms with Gasteiger partial charge in [-0.1, -0.05) is 257 Å². The van der Waals surface area contributed by atoms with E-state index in [1.54, 1.807) is 6.08 Å². The molecule has 0 saturated carbocycles. The predicted octanol–water partition coefficient (Wildman–Crippen LogP) is 16.3. The van der Waals surface area contributed by atoms with Gasteiger partial charge in [-0.3, -0.25) is 4.79 Å². The molecule has 0 aliphatic carbocycles. The molecule has 1 aliphatic heterocycles. The van der Waals surface area contributed by atoms with Gasteiger partial charge >= 0.3 is 0 Å². The predicted molar refractivity (Wildman–Crippen MR) is 327 cm³/mol. The van der Waals surface area contributed by atoms with Crippen LogP contribution in [0.3, 0.4) is 0 Å². The van der Waals surface area contributed by atoms with Gasteiger partial charge < -0.3 is 40.3 Å². The van der Waals surface area contributed by atoms with Crippen LogP contribution in [0.4, 0.5) is 0 Å². The Morgan fingerprint density at radius 2 is 0.818 bits per heavy atom. The Hall–Kier alpha value is -3.41. The standard InChI is InChI=1S/C68H115NO8/c1-3-5-7-9-11-13-15-17-19-21-23-25-27-28-29-30-31-32-33-34-36-38-40-42-44-46-48-50-52-54-56-58-64(72)69-61(60-76-68-67(75)66(74)65(73)63(59-70)77-68)62(71)57-55-53-51-49-47-45-43-41-39-37-35-26-24-22-20-18-16-14-12-10-8-6-4-2/h5,7,11,13,17,19,23,25,28-29,31-32,34,36,39,41,47,49,55,57,61-63,65-68,70-71,73-75H,3-4,6,8-10,12,14-16,18,20-22,24,26-27,30,33,35,37-38,40,42-46,48,50-54,56,58-60H2,1-2H3,(H,69,72)/b7-5-,13-11-,19-17-,25-23-,29-28-,32-31-,36-34-,41-39+,49-47+,57-55+. The average molecular weight is 1070 g/mol. The van der Waals surface area contributed by atoms with Gasteiger partial charge in [0.2, 0.25) is 5.91 Å². The summed E-state index contributed by atoms with van der Waals surface area (Å²) in [7, 11) is 0. The van der Waals surface area contributed by atoms with Gasteiger partial charge in [0, 0.05) is 6.42 Å². The first kappa shape index (κ1) is 71.6. The molecule has 0 radical (unpaired) electrons. The second-order valence-corrected chi connectivity index (χ2v) is 21.1. The molecule has 1 amide bonds. The van der Waals surface area contributed by atoms with Crippen LogP contribution in [0.1, 0.15) is 245 Å². The van der Waals surface area contributed by atoms with Crippen molar-refractivity contribution in [1.82, 2.24) is 5.32 Å². The van der Waals surface area contributed by atoms with E-state index in [0.29, 0.717) is 6.42 Å². The van der Waals surface area contributed by atoms with Crippen molar-refractivity contribution < 1.29 is 39.8 Å². The van der Waals surface area contributed by atoms with Crippen LogP contribution in [0, 0.1) is 0 Å². The zero-order valence-electron chi connectivity index (χ0n) is 48.9. The van der Waals surface area contributed by atoms with Crippen molar-refractivity contribution in [3.63, 3.8) is 0 Å². The number of ether oxygens (including phenoxy) is 2. The van der Waals surface area contributed by atoms with Gasteiger partial charge in [-0.15, -0.1) is 0 Å². The average Bonchev–Trinajstić information content (AvgIpc) is 3.43. The van der Waals surface area contributed by atoms with Gasteiger partial charge in [0.25, 0.3) is 0 Å². The van der Waals surface area contributed by atoms with Gasteiger partial charge in [0.05, 0.1) is 25.4 Å². The highest BCUT2D eigenvalue weighted by Crippen LogP contribution is 2.23. The molecule has 1 fully saturated rings. The van der Waals surface area contributed by atoms with Crippen molar-refractivity contribution in [2.45, 2.75) is 288 Å². The van der Waals surface area contributed by atoms with Crippen LogP contribution in [0.2, 0.25) is 0 Å². The molecule has 6 N–H and O–H groups in total. The van der Waals surface area contributed by atoms with Crippen molar-refractivity contribution in [2.24, 2.45) is 0 Å². The first-order valence-corrected chi connectivity index (χ1v) is 31.3. The highest BCUT2D eigenvalue weighted by molar-refractivity contribution is 5.76. The zero-order chi connectivity index (χ0) is 55.8. The molecule has 1 heterocycles. The monoisotopic (exact) mass is 1070 g/mol. The maximum Gasteiger partial charge on any atom is 0.220 e. The minimum Gasteiger partial charge on any atom is -0.394 e. The minimum atomic E-state index is -1.58. The Labute approximate surface area is 471 Å². The third-order valence-electron chi connectivity index (χ3n) is 14.0. The summed E-state index contributed by atoms with van der Waals surface area (Å²) in [5.74, 6) is -0.201. The van der Waals surface area contributed by atoms with Crippen LogP contribution in [0.15, 0.2) is 122 Å². The molecule has 440 valence electrons. The summed E-state index contributed by atoms with van der Waals surface area (Å²) in [6.45, 7) is 3.65. The maximum atomic E-state index is 13.1. The summed E-state index contributed by atoms with van der Waals surface area (Å²) in [6.07, 6.45) is 77.0. The van der Waals surface area contributed by atoms with Gasteiger partial charge in [0.1, 0.15) is 24.4 Å². The SMILES string of the molecule is CC/C=C\C/C=C\C/C=C\C/C=C\C/C=C\C/C=C\C/C=C\CCCCCCCCCCCC(=O)NC(COC1OC(CO)C(O)C(O)C1O)C(O)/C=C/CC/C=C/CC/C=C/CCCCCCCCCCCCCCC. The Balaban J connectivity index is 2.25. The first-order chi connectivity index (χ1) is 37.8. The smallest absolute Gasteiger partial charge is 0.220 e. The fourth-order valence-electron chi connectivity index (χ4n) is 9.11. The van der Waals surface area contributed by atoms with Crippen LogP contribution in [-0.4, -0.2) is 87.5 Å². The van der Waals surface area contributed by atoms with E-state index in [9.17, 15) is 30.3 Å². The summed E-state index contributed by atoms with van der Waals surface area (Å²) in [5.41, 5.74) is 0. The van der Waals surface area contributed by atoms with Crippen LogP contribution in [0.5, 0.6) is 0 Å². The zero-order valence-corrected chi connectivity index (χ0v) is 48.9. The molecule has 1 aliphatic rings. The quantitative estimate of drug-likeness (QED) is 0.0261. The second kappa shape index (κ2) is 55.9. The van der Waals surface area contributed by atoms with Crippen molar-refractivity contribution in [2.75, 3.05) is 13.2 Å². The van der Waals surface area contributed by atoms with E-state index in [2.05, 4.69) is 129 Å². The number of carbonyl (C=O) groups excluding carboxylic acids is 1. The van der Waals surface area contributed by atoms with E-state index in [0.717, 1.165) is 109 Å². The van der Waals surface area contributed by atoms with Gasteiger partial charge in [-0.25, -0.2) is 0 Å². The minimum absolute atomic E-state index is 0.201. The molecule has 1 rings (SSSR count). The molecule has 77 heavy (non-hydrogen) atoms. The van der Waals surface area contributed by atoms with E-state index < -0.39 is 49.5 Å². The van der Waals surface area contributed by atoms with E-state index in [1.807, 2.05) is 6.08 Å². The molecule has 0 bridgehead atoms. The number of aliphatic hydroxyl groups is 5. The van der Waals surface area contributed by atoms with E-state index in [-0.39, 0.29) is 12.5 Å². The summed E-state index contributed by atoms with van der Waals surface area (Å²) >= 11 is 0. The van der Waals surface area contributed by atoms with Crippen molar-refractivity contribution in [1.29, 1.82) is 0 Å². The lowest BCUT2D eigenvalue weighted by Crippen LogP contribution is -2.60. The number of hydrogen-bond acceptors (Lipinski definition) is 8. The summed E-state index contributed by atoms with van der Waals surface area (Å²) in [5, 5.41) is 54.6. The molecule has 0 aromatic rings. The number of unbranched alkanes of at least 4 members (excludes halogenated alkanes) is 24. The Morgan fingerprint density at radius 1 is 0.455 bits per heavy atom. The number of amides is 1. The third kappa shape index (κ3) is 45.1. The van der Waals surface area contributed by atoms with Crippen LogP contribution in [0.25, 0.3) is 0 Å². The first-order valence-electron chi connectivity index (χ1n) is 31.3. The Morgan fingerprint density at radius 3 is 1.25 bits per heavy atom. The molecule has 9 heteroatoms. The summed E-state index contributed by atoms with van der Waals surface area (Å²) in [4.78, 5) is 13.1. The molecule has 7 unspecified atom stereocenters. The molecule has 9 nitrogen and oxygen atoms in total. The van der Waals surface area contributed by atoms with Crippen molar-refractivity contribution in [3.8, 4) is 0 Å². The molecule has 0 aromatic carbocycles. The van der Waals surface area contributed by atoms with Crippen molar-refractivity contribution >= 4 is 5.91 Å². The van der Waals surface area contributed by atoms with Crippen LogP contribution >= 0.6 is 0 Å². The van der Waals surface area contributed by atoms with E-state index >= 15 is 0 Å². The lowest BCUT2D eigenvalue weighted by Gasteiger charge is -2.40. The fraction of sp³-hybridized carbons (Fsp3) is 0.691. The van der Waals surface area contributed by atoms with Crippen LogP contribution in [-0.2, 0) is 14.3 Å². The van der Waals surface area contributed by atoms with E-state index in [1.165, 1.54) is 116 Å². The number of rotatable bonds is 52. The number of nitrogens with one attached hydrogen (secondary N) is 1. The largest absolute Gasteiger partial charge is 0.394 e.